The Morgan fingerprint density at radius 3 is 3.26 bits per heavy atom. The second kappa shape index (κ2) is 5.84. The van der Waals surface area contributed by atoms with Crippen molar-refractivity contribution in [1.82, 2.24) is 15.3 Å². The van der Waals surface area contributed by atoms with Crippen molar-refractivity contribution in [2.75, 3.05) is 24.5 Å². The van der Waals surface area contributed by atoms with Gasteiger partial charge < -0.3 is 10.2 Å². The van der Waals surface area contributed by atoms with Gasteiger partial charge in [0.1, 0.15) is 17.0 Å². The van der Waals surface area contributed by atoms with E-state index >= 15 is 0 Å². The Bertz CT molecular complexity index is 539. The van der Waals surface area contributed by atoms with Crippen LogP contribution in [0, 0.1) is 0 Å². The lowest BCUT2D eigenvalue weighted by molar-refractivity contribution is 0.437. The molecule has 2 aromatic heterocycles. The molecule has 3 rings (SSSR count). The molecule has 2 aromatic rings. The minimum Gasteiger partial charge on any atom is -0.352 e. The first kappa shape index (κ1) is 12.8. The second-order valence-electron chi connectivity index (χ2n) is 4.99. The summed E-state index contributed by atoms with van der Waals surface area (Å²) in [5, 5.41) is 6.78. The van der Waals surface area contributed by atoms with E-state index < -0.39 is 0 Å². The first-order chi connectivity index (χ1) is 9.40. The van der Waals surface area contributed by atoms with Gasteiger partial charge in [-0.05, 0) is 37.3 Å². The molecule has 19 heavy (non-hydrogen) atoms. The Morgan fingerprint density at radius 1 is 1.42 bits per heavy atom. The van der Waals surface area contributed by atoms with Crippen molar-refractivity contribution in [3.63, 3.8) is 0 Å². The van der Waals surface area contributed by atoms with Crippen LogP contribution in [-0.2, 0) is 0 Å². The van der Waals surface area contributed by atoms with Crippen LogP contribution in [0.15, 0.2) is 17.8 Å². The van der Waals surface area contributed by atoms with Gasteiger partial charge in [0.25, 0.3) is 0 Å². The highest BCUT2D eigenvalue weighted by Crippen LogP contribution is 2.30. The van der Waals surface area contributed by atoms with E-state index in [-0.39, 0.29) is 0 Å². The van der Waals surface area contributed by atoms with Crippen molar-refractivity contribution in [3.8, 4) is 0 Å². The largest absolute Gasteiger partial charge is 0.352 e. The number of hydrogen-bond donors (Lipinski definition) is 1. The van der Waals surface area contributed by atoms with Crippen molar-refractivity contribution in [2.45, 2.75) is 32.2 Å². The highest BCUT2D eigenvalue weighted by atomic mass is 32.1. The number of likely N-dealkylation sites (N-methyl/N-ethyl adjacent to an activating group) is 1. The van der Waals surface area contributed by atoms with E-state index in [9.17, 15) is 0 Å². The van der Waals surface area contributed by atoms with Gasteiger partial charge in [0.05, 0.1) is 5.39 Å². The van der Waals surface area contributed by atoms with Gasteiger partial charge in [0, 0.05) is 19.1 Å². The van der Waals surface area contributed by atoms with Crippen LogP contribution in [0.4, 0.5) is 5.82 Å². The number of anilines is 1. The normalized spacial score (nSPS) is 20.1. The Kier molecular flexibility index (Phi) is 3.94. The Balaban J connectivity index is 1.91. The quantitative estimate of drug-likeness (QED) is 0.932. The SMILES string of the molecule is CCNCC1CCCCN1c1ncnc2sccc12. The van der Waals surface area contributed by atoms with Crippen molar-refractivity contribution < 1.29 is 0 Å². The average molecular weight is 276 g/mol. The fraction of sp³-hybridized carbons (Fsp3) is 0.571. The summed E-state index contributed by atoms with van der Waals surface area (Å²) in [5.41, 5.74) is 0. The molecule has 1 saturated heterocycles. The number of rotatable bonds is 4. The highest BCUT2D eigenvalue weighted by Gasteiger charge is 2.24. The average Bonchev–Trinajstić information content (AvgIpc) is 2.94. The van der Waals surface area contributed by atoms with Crippen LogP contribution in [0.1, 0.15) is 26.2 Å². The lowest BCUT2D eigenvalue weighted by Crippen LogP contribution is -2.46. The smallest absolute Gasteiger partial charge is 0.141 e. The van der Waals surface area contributed by atoms with Crippen molar-refractivity contribution >= 4 is 27.4 Å². The van der Waals surface area contributed by atoms with E-state index in [1.54, 1.807) is 17.7 Å². The van der Waals surface area contributed by atoms with Crippen LogP contribution >= 0.6 is 11.3 Å². The van der Waals surface area contributed by atoms with Gasteiger partial charge in [-0.3, -0.25) is 0 Å². The Morgan fingerprint density at radius 2 is 2.37 bits per heavy atom. The number of hydrogen-bond acceptors (Lipinski definition) is 5. The maximum Gasteiger partial charge on any atom is 0.141 e. The fourth-order valence-corrected chi connectivity index (χ4v) is 3.54. The van der Waals surface area contributed by atoms with E-state index in [1.807, 2.05) is 0 Å². The number of nitrogens with one attached hydrogen (secondary N) is 1. The zero-order chi connectivity index (χ0) is 13.1. The minimum absolute atomic E-state index is 0.562. The number of fused-ring (bicyclic) bond motifs is 1. The molecule has 0 aliphatic carbocycles. The maximum absolute atomic E-state index is 4.55. The molecular weight excluding hydrogens is 256 g/mol. The van der Waals surface area contributed by atoms with E-state index in [2.05, 4.69) is 38.6 Å². The lowest BCUT2D eigenvalue weighted by Gasteiger charge is -2.37. The van der Waals surface area contributed by atoms with Crippen molar-refractivity contribution in [2.24, 2.45) is 0 Å². The van der Waals surface area contributed by atoms with E-state index in [0.29, 0.717) is 6.04 Å². The molecular formula is C14H20N4S. The van der Waals surface area contributed by atoms with Gasteiger partial charge in [-0.15, -0.1) is 11.3 Å². The molecule has 0 amide bonds. The first-order valence-corrected chi connectivity index (χ1v) is 7.93. The standard InChI is InChI=1S/C14H20N4S/c1-2-15-9-11-5-3-4-7-18(11)13-12-6-8-19-14(12)17-10-16-13/h6,8,10-11,15H,2-5,7,9H2,1H3. The molecule has 3 heterocycles. The van der Waals surface area contributed by atoms with E-state index in [0.717, 1.165) is 30.3 Å². The molecule has 0 radical (unpaired) electrons. The minimum atomic E-state index is 0.562. The maximum atomic E-state index is 4.55. The predicted molar refractivity (Wildman–Crippen MR) is 80.9 cm³/mol. The molecule has 1 atom stereocenters. The summed E-state index contributed by atoms with van der Waals surface area (Å²) in [4.78, 5) is 12.5. The topological polar surface area (TPSA) is 41.0 Å². The van der Waals surface area contributed by atoms with Gasteiger partial charge in [0.2, 0.25) is 0 Å². The Hall–Kier alpha value is -1.20. The molecule has 1 aliphatic heterocycles. The summed E-state index contributed by atoms with van der Waals surface area (Å²) in [6.07, 6.45) is 5.54. The molecule has 1 N–H and O–H groups in total. The third-order valence-corrected chi connectivity index (χ3v) is 4.59. The van der Waals surface area contributed by atoms with Crippen LogP contribution in [0.2, 0.25) is 0 Å². The molecule has 4 nitrogen and oxygen atoms in total. The molecule has 102 valence electrons. The van der Waals surface area contributed by atoms with Gasteiger partial charge in [-0.2, -0.15) is 0 Å². The molecule has 5 heteroatoms. The van der Waals surface area contributed by atoms with Crippen molar-refractivity contribution in [1.29, 1.82) is 0 Å². The van der Waals surface area contributed by atoms with Gasteiger partial charge >= 0.3 is 0 Å². The van der Waals surface area contributed by atoms with E-state index in [1.165, 1.54) is 24.6 Å². The summed E-state index contributed by atoms with van der Waals surface area (Å²) in [7, 11) is 0. The van der Waals surface area contributed by atoms with Gasteiger partial charge in [0.15, 0.2) is 0 Å². The predicted octanol–water partition coefficient (Wildman–Crippen LogP) is 2.66. The number of nitrogens with zero attached hydrogens (tertiary/aromatic N) is 3. The number of piperidine rings is 1. The van der Waals surface area contributed by atoms with Crippen LogP contribution in [-0.4, -0.2) is 35.6 Å². The zero-order valence-corrected chi connectivity index (χ0v) is 12.1. The van der Waals surface area contributed by atoms with Crippen LogP contribution in [0.25, 0.3) is 10.2 Å². The second-order valence-corrected chi connectivity index (χ2v) is 5.88. The third-order valence-electron chi connectivity index (χ3n) is 3.77. The summed E-state index contributed by atoms with van der Waals surface area (Å²) in [5.74, 6) is 1.12. The van der Waals surface area contributed by atoms with Gasteiger partial charge in [-0.25, -0.2) is 9.97 Å². The molecule has 0 saturated carbocycles. The molecule has 0 aromatic carbocycles. The summed E-state index contributed by atoms with van der Waals surface area (Å²) in [6.45, 7) is 5.35. The molecule has 1 unspecified atom stereocenters. The molecule has 1 fully saturated rings. The number of thiophene rings is 1. The summed E-state index contributed by atoms with van der Waals surface area (Å²) >= 11 is 1.69. The first-order valence-electron chi connectivity index (χ1n) is 7.05. The summed E-state index contributed by atoms with van der Waals surface area (Å²) < 4.78 is 0. The van der Waals surface area contributed by atoms with Crippen LogP contribution < -0.4 is 10.2 Å². The highest BCUT2D eigenvalue weighted by molar-refractivity contribution is 7.16. The van der Waals surface area contributed by atoms with Crippen molar-refractivity contribution in [3.05, 3.63) is 17.8 Å². The van der Waals surface area contributed by atoms with Crippen LogP contribution in [0.3, 0.4) is 0 Å². The third kappa shape index (κ3) is 2.58. The molecule has 1 aliphatic rings. The fourth-order valence-electron chi connectivity index (χ4n) is 2.81. The molecule has 0 bridgehead atoms. The number of aromatic nitrogens is 2. The summed E-state index contributed by atoms with van der Waals surface area (Å²) in [6, 6.07) is 2.71. The zero-order valence-electron chi connectivity index (χ0n) is 11.3. The molecule has 0 spiro atoms. The lowest BCUT2D eigenvalue weighted by atomic mass is 10.0. The monoisotopic (exact) mass is 276 g/mol. The van der Waals surface area contributed by atoms with Gasteiger partial charge in [-0.1, -0.05) is 6.92 Å². The van der Waals surface area contributed by atoms with E-state index in [4.69, 9.17) is 0 Å². The Labute approximate surface area is 117 Å². The van der Waals surface area contributed by atoms with Crippen LogP contribution in [0.5, 0.6) is 0 Å².